The molecule has 4 fully saturated rings. The normalized spacial score (nSPS) is 29.3. The predicted octanol–water partition coefficient (Wildman–Crippen LogP) is 5.09. The lowest BCUT2D eigenvalue weighted by Crippen LogP contribution is -2.52. The van der Waals surface area contributed by atoms with Crippen LogP contribution in [0.15, 0.2) is 36.4 Å². The molecule has 0 aliphatic carbocycles. The number of nitrogens with one attached hydrogen (secondary N) is 1. The lowest BCUT2D eigenvalue weighted by Gasteiger charge is -2.38. The third-order valence-electron chi connectivity index (χ3n) is 10.9. The molecular weight excluding hydrogens is 508 g/mol. The van der Waals surface area contributed by atoms with Gasteiger partial charge in [0.15, 0.2) is 0 Å². The Morgan fingerprint density at radius 1 is 0.976 bits per heavy atom. The Labute approximate surface area is 244 Å². The zero-order valence-electron chi connectivity index (χ0n) is 24.7. The van der Waals surface area contributed by atoms with Gasteiger partial charge in [0.1, 0.15) is 12.4 Å². The average molecular weight is 553 g/mol. The van der Waals surface area contributed by atoms with Crippen molar-refractivity contribution in [1.29, 1.82) is 0 Å². The molecule has 5 aliphatic heterocycles. The van der Waals surface area contributed by atoms with Crippen molar-refractivity contribution in [1.82, 2.24) is 20.2 Å². The van der Waals surface area contributed by atoms with Crippen LogP contribution in [0, 0.1) is 0 Å². The Balaban J connectivity index is 1.14. The minimum atomic E-state index is 0.165. The SMILES string of the molecule is CCc1cccc2cccc(N3CCc4c(nc(OC[C@]56CCCN5[C@H](C)CC6)nc4N4C[C@H]5CC[C@@H](C4)N5)C3)c12. The molecule has 4 saturated heterocycles. The van der Waals surface area contributed by atoms with Gasteiger partial charge >= 0.3 is 6.01 Å². The van der Waals surface area contributed by atoms with Gasteiger partial charge in [-0.25, -0.2) is 0 Å². The zero-order valence-corrected chi connectivity index (χ0v) is 24.7. The van der Waals surface area contributed by atoms with E-state index in [2.05, 4.69) is 70.3 Å². The van der Waals surface area contributed by atoms with E-state index in [-0.39, 0.29) is 5.54 Å². The third kappa shape index (κ3) is 4.38. The molecule has 41 heavy (non-hydrogen) atoms. The smallest absolute Gasteiger partial charge is 0.318 e. The molecule has 0 spiro atoms. The average Bonchev–Trinajstić information content (AvgIpc) is 3.68. The molecule has 2 bridgehead atoms. The topological polar surface area (TPSA) is 56.8 Å². The summed E-state index contributed by atoms with van der Waals surface area (Å²) in [6.45, 7) is 10.4. The predicted molar refractivity (Wildman–Crippen MR) is 165 cm³/mol. The summed E-state index contributed by atoms with van der Waals surface area (Å²) in [6.07, 6.45) is 9.52. The Kier molecular flexibility index (Phi) is 6.37. The van der Waals surface area contributed by atoms with Crippen molar-refractivity contribution in [3.05, 3.63) is 53.2 Å². The number of rotatable bonds is 6. The van der Waals surface area contributed by atoms with Crippen LogP contribution >= 0.6 is 0 Å². The maximum absolute atomic E-state index is 6.63. The van der Waals surface area contributed by atoms with E-state index in [1.165, 1.54) is 72.7 Å². The molecule has 216 valence electrons. The number of aromatic nitrogens is 2. The van der Waals surface area contributed by atoms with Gasteiger partial charge < -0.3 is 19.9 Å². The molecule has 0 radical (unpaired) electrons. The number of fused-ring (bicyclic) bond motifs is 5. The van der Waals surface area contributed by atoms with Crippen LogP contribution < -0.4 is 19.9 Å². The Bertz CT molecular complexity index is 1440. The van der Waals surface area contributed by atoms with Crippen molar-refractivity contribution < 1.29 is 4.74 Å². The van der Waals surface area contributed by atoms with Crippen molar-refractivity contribution in [2.75, 3.05) is 42.6 Å². The summed E-state index contributed by atoms with van der Waals surface area (Å²) in [5, 5.41) is 6.51. The van der Waals surface area contributed by atoms with Crippen LogP contribution in [0.3, 0.4) is 0 Å². The van der Waals surface area contributed by atoms with Crippen LogP contribution in [-0.2, 0) is 19.4 Å². The first kappa shape index (κ1) is 25.8. The molecule has 0 saturated carbocycles. The minimum absolute atomic E-state index is 0.165. The van der Waals surface area contributed by atoms with Crippen LogP contribution in [0.1, 0.15) is 69.2 Å². The number of anilines is 2. The van der Waals surface area contributed by atoms with E-state index in [1.54, 1.807) is 0 Å². The largest absolute Gasteiger partial charge is 0.461 e. The second-order valence-electron chi connectivity index (χ2n) is 13.3. The van der Waals surface area contributed by atoms with Gasteiger partial charge in [0.05, 0.1) is 17.8 Å². The number of aryl methyl sites for hydroxylation is 1. The summed E-state index contributed by atoms with van der Waals surface area (Å²) in [4.78, 5) is 18.2. The van der Waals surface area contributed by atoms with Crippen LogP contribution in [0.25, 0.3) is 10.8 Å². The number of piperazine rings is 1. The highest BCUT2D eigenvalue weighted by Crippen LogP contribution is 2.43. The van der Waals surface area contributed by atoms with Crippen molar-refractivity contribution >= 4 is 22.3 Å². The van der Waals surface area contributed by atoms with E-state index in [0.717, 1.165) is 50.5 Å². The highest BCUT2D eigenvalue weighted by atomic mass is 16.5. The molecule has 7 nitrogen and oxygen atoms in total. The highest BCUT2D eigenvalue weighted by Gasteiger charge is 2.48. The lowest BCUT2D eigenvalue weighted by molar-refractivity contribution is 0.0885. The Morgan fingerprint density at radius 2 is 1.80 bits per heavy atom. The first-order valence-electron chi connectivity index (χ1n) is 16.2. The zero-order chi connectivity index (χ0) is 27.6. The maximum Gasteiger partial charge on any atom is 0.318 e. The van der Waals surface area contributed by atoms with Gasteiger partial charge in [-0.05, 0) is 81.9 Å². The molecular formula is C34H44N6O. The van der Waals surface area contributed by atoms with Crippen LogP contribution in [0.4, 0.5) is 11.5 Å². The highest BCUT2D eigenvalue weighted by molar-refractivity contribution is 5.97. The van der Waals surface area contributed by atoms with Crippen molar-refractivity contribution in [2.24, 2.45) is 0 Å². The molecule has 5 aliphatic rings. The standard InChI is InChI=1S/C34H44N6O/c1-3-24-7-4-8-25-9-5-10-30(31(24)25)38-18-14-28-29(21-38)36-33(37-32(28)39-19-26-11-12-27(20-39)35-26)41-22-34-15-6-17-40(34)23(2)13-16-34/h4-5,7-10,23,26-27,35H,3,6,11-22H2,1-2H3/t23-,26-,27+,34-/m1/s1. The summed E-state index contributed by atoms with van der Waals surface area (Å²) in [7, 11) is 0. The fourth-order valence-corrected chi connectivity index (χ4v) is 8.82. The van der Waals surface area contributed by atoms with E-state index in [0.29, 0.717) is 30.7 Å². The molecule has 1 aromatic heterocycles. The second kappa shape index (κ2) is 10.1. The number of benzene rings is 2. The summed E-state index contributed by atoms with van der Waals surface area (Å²) in [6, 6.07) is 15.8. The van der Waals surface area contributed by atoms with E-state index in [9.17, 15) is 0 Å². The molecule has 1 N–H and O–H groups in total. The molecule has 4 atom stereocenters. The van der Waals surface area contributed by atoms with E-state index in [4.69, 9.17) is 14.7 Å². The minimum Gasteiger partial charge on any atom is -0.461 e. The van der Waals surface area contributed by atoms with Crippen molar-refractivity contribution in [3.8, 4) is 6.01 Å². The molecule has 0 amide bonds. The second-order valence-corrected chi connectivity index (χ2v) is 13.3. The Hall–Kier alpha value is -2.90. The van der Waals surface area contributed by atoms with Gasteiger partial charge in [-0.3, -0.25) is 4.90 Å². The summed E-state index contributed by atoms with van der Waals surface area (Å²) in [5.41, 5.74) is 5.39. The monoisotopic (exact) mass is 552 g/mol. The third-order valence-corrected chi connectivity index (χ3v) is 10.9. The molecule has 2 aromatic carbocycles. The lowest BCUT2D eigenvalue weighted by atomic mass is 9.95. The van der Waals surface area contributed by atoms with Gasteiger partial charge in [-0.2, -0.15) is 9.97 Å². The molecule has 8 rings (SSSR count). The van der Waals surface area contributed by atoms with Crippen molar-refractivity contribution in [3.63, 3.8) is 0 Å². The van der Waals surface area contributed by atoms with Gasteiger partial charge in [0.25, 0.3) is 0 Å². The van der Waals surface area contributed by atoms with E-state index < -0.39 is 0 Å². The summed E-state index contributed by atoms with van der Waals surface area (Å²) < 4.78 is 6.63. The van der Waals surface area contributed by atoms with Crippen LogP contribution in [-0.4, -0.2) is 71.3 Å². The van der Waals surface area contributed by atoms with Gasteiger partial charge in [-0.15, -0.1) is 0 Å². The van der Waals surface area contributed by atoms with E-state index >= 15 is 0 Å². The number of nitrogens with zero attached hydrogens (tertiary/aromatic N) is 5. The van der Waals surface area contributed by atoms with Gasteiger partial charge in [-0.1, -0.05) is 37.3 Å². The summed E-state index contributed by atoms with van der Waals surface area (Å²) in [5.74, 6) is 1.13. The van der Waals surface area contributed by atoms with Gasteiger partial charge in [0.2, 0.25) is 0 Å². The molecule has 3 aromatic rings. The number of ether oxygens (including phenoxy) is 1. The fourth-order valence-electron chi connectivity index (χ4n) is 8.82. The molecule has 6 heterocycles. The van der Waals surface area contributed by atoms with E-state index in [1.807, 2.05) is 0 Å². The van der Waals surface area contributed by atoms with Gasteiger partial charge in [0, 0.05) is 54.4 Å². The summed E-state index contributed by atoms with van der Waals surface area (Å²) >= 11 is 0. The molecule has 7 heteroatoms. The van der Waals surface area contributed by atoms with Crippen LogP contribution in [0.2, 0.25) is 0 Å². The first-order valence-corrected chi connectivity index (χ1v) is 16.2. The van der Waals surface area contributed by atoms with Crippen molar-refractivity contribution in [2.45, 2.75) is 95.4 Å². The number of hydrogen-bond acceptors (Lipinski definition) is 7. The Morgan fingerprint density at radius 3 is 2.63 bits per heavy atom. The quantitative estimate of drug-likeness (QED) is 0.457. The maximum atomic E-state index is 6.63. The fraction of sp³-hybridized carbons (Fsp3) is 0.588. The first-order chi connectivity index (χ1) is 20.1. The molecule has 0 unspecified atom stereocenters. The van der Waals surface area contributed by atoms with Crippen LogP contribution in [0.5, 0.6) is 6.01 Å². The number of hydrogen-bond donors (Lipinski definition) is 1.